The van der Waals surface area contributed by atoms with E-state index in [0.29, 0.717) is 6.54 Å². The van der Waals surface area contributed by atoms with E-state index < -0.39 is 6.36 Å². The first-order valence-corrected chi connectivity index (χ1v) is 6.62. The van der Waals surface area contributed by atoms with Crippen LogP contribution in [0.4, 0.5) is 24.5 Å². The molecule has 1 heterocycles. The molecule has 8 heteroatoms. The zero-order valence-electron chi connectivity index (χ0n) is 11.4. The van der Waals surface area contributed by atoms with Crippen LogP contribution in [0, 0.1) is 0 Å². The van der Waals surface area contributed by atoms with Crippen LogP contribution in [0.2, 0.25) is 0 Å². The molecule has 1 aliphatic rings. The fourth-order valence-corrected chi connectivity index (χ4v) is 2.32. The van der Waals surface area contributed by atoms with Crippen molar-refractivity contribution >= 4 is 11.4 Å². The first kappa shape index (κ1) is 15.7. The summed E-state index contributed by atoms with van der Waals surface area (Å²) in [5, 5.41) is 8.88. The molecule has 1 aromatic carbocycles. The third-order valence-corrected chi connectivity index (χ3v) is 3.37. The molecular formula is C13H18F3N3O2. The van der Waals surface area contributed by atoms with E-state index in [0.717, 1.165) is 31.9 Å². The third-order valence-electron chi connectivity index (χ3n) is 3.37. The molecule has 0 saturated carbocycles. The minimum absolute atomic E-state index is 0.0392. The first-order chi connectivity index (χ1) is 9.89. The van der Waals surface area contributed by atoms with Gasteiger partial charge in [0.25, 0.3) is 0 Å². The van der Waals surface area contributed by atoms with E-state index in [-0.39, 0.29) is 18.0 Å². The van der Waals surface area contributed by atoms with Gasteiger partial charge in [-0.05, 0) is 18.2 Å². The summed E-state index contributed by atoms with van der Waals surface area (Å²) in [6, 6.07) is 4.29. The normalized spacial score (nSPS) is 17.0. The Kier molecular flexibility index (Phi) is 4.79. The molecule has 1 aliphatic heterocycles. The third kappa shape index (κ3) is 4.40. The molecule has 118 valence electrons. The number of nitrogens with two attached hydrogens (primary N) is 1. The van der Waals surface area contributed by atoms with Gasteiger partial charge in [0.05, 0.1) is 12.3 Å². The number of benzene rings is 1. The predicted octanol–water partition coefficient (Wildman–Crippen LogP) is 1.28. The summed E-state index contributed by atoms with van der Waals surface area (Å²) >= 11 is 0. The quantitative estimate of drug-likeness (QED) is 0.821. The highest BCUT2D eigenvalue weighted by Gasteiger charge is 2.32. The summed E-state index contributed by atoms with van der Waals surface area (Å²) in [5.74, 6) is -0.384. The van der Waals surface area contributed by atoms with Crippen LogP contribution in [0.3, 0.4) is 0 Å². The Morgan fingerprint density at radius 3 is 2.38 bits per heavy atom. The first-order valence-electron chi connectivity index (χ1n) is 6.62. The number of aliphatic hydroxyl groups excluding tert-OH is 1. The Hall–Kier alpha value is -1.67. The Morgan fingerprint density at radius 2 is 1.86 bits per heavy atom. The van der Waals surface area contributed by atoms with Crippen molar-refractivity contribution in [1.29, 1.82) is 0 Å². The van der Waals surface area contributed by atoms with Gasteiger partial charge in [-0.25, -0.2) is 0 Å². The maximum absolute atomic E-state index is 12.2. The van der Waals surface area contributed by atoms with Crippen LogP contribution in [-0.4, -0.2) is 55.7 Å². The van der Waals surface area contributed by atoms with Gasteiger partial charge in [-0.1, -0.05) is 0 Å². The highest BCUT2D eigenvalue weighted by atomic mass is 19.4. The number of hydrogen-bond donors (Lipinski definition) is 2. The smallest absolute Gasteiger partial charge is 0.404 e. The van der Waals surface area contributed by atoms with Gasteiger partial charge in [-0.15, -0.1) is 13.2 Å². The van der Waals surface area contributed by atoms with Crippen molar-refractivity contribution in [2.75, 3.05) is 50.0 Å². The van der Waals surface area contributed by atoms with Gasteiger partial charge in [0.15, 0.2) is 5.75 Å². The summed E-state index contributed by atoms with van der Waals surface area (Å²) in [4.78, 5) is 4.17. The molecule has 0 aliphatic carbocycles. The van der Waals surface area contributed by atoms with Crippen molar-refractivity contribution in [3.05, 3.63) is 18.2 Å². The van der Waals surface area contributed by atoms with Gasteiger partial charge >= 0.3 is 6.36 Å². The van der Waals surface area contributed by atoms with E-state index >= 15 is 0 Å². The highest BCUT2D eigenvalue weighted by Crippen LogP contribution is 2.31. The van der Waals surface area contributed by atoms with Gasteiger partial charge in [0, 0.05) is 38.4 Å². The van der Waals surface area contributed by atoms with Gasteiger partial charge in [0.1, 0.15) is 0 Å². The SMILES string of the molecule is Nc1cc(N2CCN(CCO)CC2)ccc1OC(F)(F)F. The maximum Gasteiger partial charge on any atom is 0.573 e. The summed E-state index contributed by atoms with van der Waals surface area (Å²) < 4.78 is 40.4. The van der Waals surface area contributed by atoms with Crippen LogP contribution in [0.15, 0.2) is 18.2 Å². The van der Waals surface area contributed by atoms with Gasteiger partial charge in [-0.2, -0.15) is 0 Å². The number of hydrogen-bond acceptors (Lipinski definition) is 5. The number of rotatable bonds is 4. The van der Waals surface area contributed by atoms with Crippen molar-refractivity contribution in [3.63, 3.8) is 0 Å². The molecule has 1 saturated heterocycles. The molecule has 5 nitrogen and oxygen atoms in total. The van der Waals surface area contributed by atoms with Crippen molar-refractivity contribution in [1.82, 2.24) is 4.90 Å². The van der Waals surface area contributed by atoms with Crippen LogP contribution in [0.5, 0.6) is 5.75 Å². The molecule has 0 aromatic heterocycles. The number of nitrogen functional groups attached to an aromatic ring is 1. The zero-order valence-corrected chi connectivity index (χ0v) is 11.4. The molecule has 0 atom stereocenters. The molecule has 0 amide bonds. The number of anilines is 2. The van der Waals surface area contributed by atoms with Crippen molar-refractivity contribution in [2.45, 2.75) is 6.36 Å². The molecule has 0 bridgehead atoms. The van der Waals surface area contributed by atoms with E-state index in [9.17, 15) is 13.2 Å². The molecule has 0 radical (unpaired) electrons. The Labute approximate surface area is 120 Å². The average Bonchev–Trinajstić information content (AvgIpc) is 2.41. The van der Waals surface area contributed by atoms with Crippen LogP contribution in [0.1, 0.15) is 0 Å². The monoisotopic (exact) mass is 305 g/mol. The molecule has 2 rings (SSSR count). The Morgan fingerprint density at radius 1 is 1.19 bits per heavy atom. The van der Waals surface area contributed by atoms with Crippen LogP contribution >= 0.6 is 0 Å². The Balaban J connectivity index is 2.01. The number of β-amino-alcohol motifs (C(OH)–C–C–N with tert-alkyl or cyclic N) is 1. The molecular weight excluding hydrogens is 287 g/mol. The molecule has 21 heavy (non-hydrogen) atoms. The minimum atomic E-state index is -4.74. The van der Waals surface area contributed by atoms with E-state index in [1.165, 1.54) is 12.1 Å². The van der Waals surface area contributed by atoms with E-state index in [1.54, 1.807) is 6.07 Å². The number of nitrogens with zero attached hydrogens (tertiary/aromatic N) is 2. The maximum atomic E-state index is 12.2. The predicted molar refractivity (Wildman–Crippen MR) is 73.3 cm³/mol. The number of piperazine rings is 1. The second kappa shape index (κ2) is 6.40. The second-order valence-electron chi connectivity index (χ2n) is 4.82. The fourth-order valence-electron chi connectivity index (χ4n) is 2.32. The fraction of sp³-hybridized carbons (Fsp3) is 0.538. The van der Waals surface area contributed by atoms with Crippen LogP contribution < -0.4 is 15.4 Å². The van der Waals surface area contributed by atoms with Crippen molar-refractivity contribution in [3.8, 4) is 5.75 Å². The zero-order chi connectivity index (χ0) is 15.5. The largest absolute Gasteiger partial charge is 0.573 e. The minimum Gasteiger partial charge on any atom is -0.404 e. The van der Waals surface area contributed by atoms with Gasteiger partial charge in [-0.3, -0.25) is 4.90 Å². The highest BCUT2D eigenvalue weighted by molar-refractivity contribution is 5.63. The van der Waals surface area contributed by atoms with Crippen molar-refractivity contribution < 1.29 is 23.0 Å². The molecule has 1 fully saturated rings. The summed E-state index contributed by atoms with van der Waals surface area (Å²) in [5.41, 5.74) is 6.34. The Bertz CT molecular complexity index is 474. The van der Waals surface area contributed by atoms with Crippen LogP contribution in [0.25, 0.3) is 0 Å². The lowest BCUT2D eigenvalue weighted by atomic mass is 10.2. The van der Waals surface area contributed by atoms with E-state index in [1.807, 2.05) is 4.90 Å². The summed E-state index contributed by atoms with van der Waals surface area (Å²) in [6.45, 7) is 3.81. The number of aliphatic hydroxyl groups is 1. The average molecular weight is 305 g/mol. The number of alkyl halides is 3. The van der Waals surface area contributed by atoms with E-state index in [4.69, 9.17) is 10.8 Å². The lowest BCUT2D eigenvalue weighted by Crippen LogP contribution is -2.47. The topological polar surface area (TPSA) is 62.0 Å². The summed E-state index contributed by atoms with van der Waals surface area (Å²) in [7, 11) is 0. The number of halogens is 3. The van der Waals surface area contributed by atoms with Gasteiger partial charge in [0.2, 0.25) is 0 Å². The van der Waals surface area contributed by atoms with E-state index in [2.05, 4.69) is 9.64 Å². The molecule has 1 aromatic rings. The summed E-state index contributed by atoms with van der Waals surface area (Å²) in [6.07, 6.45) is -4.74. The number of ether oxygens (including phenoxy) is 1. The van der Waals surface area contributed by atoms with Crippen LogP contribution in [-0.2, 0) is 0 Å². The molecule has 0 spiro atoms. The van der Waals surface area contributed by atoms with Gasteiger partial charge < -0.3 is 20.5 Å². The second-order valence-corrected chi connectivity index (χ2v) is 4.82. The molecule has 3 N–H and O–H groups in total. The molecule has 0 unspecified atom stereocenters. The standard InChI is InChI=1S/C13H18F3N3O2/c14-13(15,16)21-12-2-1-10(9-11(12)17)19-5-3-18(4-6-19)7-8-20/h1-2,9,20H,3-8,17H2. The lowest BCUT2D eigenvalue weighted by Gasteiger charge is -2.36. The lowest BCUT2D eigenvalue weighted by molar-refractivity contribution is -0.274. The van der Waals surface area contributed by atoms with Crippen molar-refractivity contribution in [2.24, 2.45) is 0 Å².